The second kappa shape index (κ2) is 79.9. The Morgan fingerprint density at radius 1 is 0.316 bits per heavy atom. The quantitative estimate of drug-likeness (QED) is 0.0211. The molecular weight excluding hydrogens is 1210 g/mol. The average Bonchev–Trinajstić information content (AvgIpc) is 1.40. The lowest BCUT2D eigenvalue weighted by molar-refractivity contribution is -0.870. The minimum absolute atomic E-state index is 0.174. The molecular formula is C89H168NO8+. The van der Waals surface area contributed by atoms with E-state index in [2.05, 4.69) is 62.5 Å². The van der Waals surface area contributed by atoms with Gasteiger partial charge < -0.3 is 28.5 Å². The molecule has 0 fully saturated rings. The number of quaternary nitrogens is 1. The molecule has 0 amide bonds. The highest BCUT2D eigenvalue weighted by Crippen LogP contribution is 2.21. The second-order valence-electron chi connectivity index (χ2n) is 30.8. The summed E-state index contributed by atoms with van der Waals surface area (Å²) in [5.41, 5.74) is 0. The van der Waals surface area contributed by atoms with Crippen LogP contribution >= 0.6 is 0 Å². The summed E-state index contributed by atoms with van der Waals surface area (Å²) in [6.07, 6.45) is 103. The van der Waals surface area contributed by atoms with Crippen LogP contribution in [0.5, 0.6) is 0 Å². The molecule has 0 aliphatic carbocycles. The van der Waals surface area contributed by atoms with Gasteiger partial charge in [-0.1, -0.05) is 428 Å². The van der Waals surface area contributed by atoms with Gasteiger partial charge in [-0.15, -0.1) is 0 Å². The van der Waals surface area contributed by atoms with Crippen LogP contribution < -0.4 is 0 Å². The van der Waals surface area contributed by atoms with Crippen LogP contribution in [0.3, 0.4) is 0 Å². The third-order valence-corrected chi connectivity index (χ3v) is 19.8. The monoisotopic (exact) mass is 1380 g/mol. The summed E-state index contributed by atoms with van der Waals surface area (Å²) in [6.45, 7) is 4.86. The fraction of sp³-hybridized carbons (Fsp3) is 0.876. The first kappa shape index (κ1) is 95.2. The van der Waals surface area contributed by atoms with Crippen LogP contribution in [-0.4, -0.2) is 87.4 Å². The molecule has 0 aromatic carbocycles. The number of likely N-dealkylation sites (N-methyl/N-ethyl adjacent to an activating group) is 1. The second-order valence-corrected chi connectivity index (χ2v) is 30.8. The van der Waals surface area contributed by atoms with Crippen molar-refractivity contribution in [1.29, 1.82) is 0 Å². The average molecular weight is 1380 g/mol. The van der Waals surface area contributed by atoms with Gasteiger partial charge in [0.2, 0.25) is 0 Å². The summed E-state index contributed by atoms with van der Waals surface area (Å²) in [5.74, 6) is -1.97. The number of rotatable bonds is 82. The molecule has 2 unspecified atom stereocenters. The zero-order chi connectivity index (χ0) is 71.1. The lowest BCUT2D eigenvalue weighted by Gasteiger charge is -2.25. The Hall–Kier alpha value is -2.75. The molecule has 0 radical (unpaired) electrons. The maximum atomic E-state index is 13.0. The van der Waals surface area contributed by atoms with E-state index in [9.17, 15) is 19.5 Å². The fourth-order valence-electron chi connectivity index (χ4n) is 13.3. The van der Waals surface area contributed by atoms with Gasteiger partial charge in [-0.05, 0) is 51.4 Å². The van der Waals surface area contributed by atoms with E-state index < -0.39 is 18.4 Å². The molecule has 0 saturated carbocycles. The first-order valence-corrected chi connectivity index (χ1v) is 43.3. The number of hydrogen-bond acceptors (Lipinski definition) is 7. The topological polar surface area (TPSA) is 108 Å². The maximum Gasteiger partial charge on any atom is 0.361 e. The molecule has 98 heavy (non-hydrogen) atoms. The van der Waals surface area contributed by atoms with Crippen LogP contribution in [0, 0.1) is 0 Å². The zero-order valence-corrected chi connectivity index (χ0v) is 66.2. The largest absolute Gasteiger partial charge is 0.477 e. The molecule has 0 aliphatic heterocycles. The number of nitrogens with zero attached hydrogens (tertiary/aromatic N) is 1. The van der Waals surface area contributed by atoms with Crippen molar-refractivity contribution in [2.24, 2.45) is 0 Å². The van der Waals surface area contributed by atoms with Gasteiger partial charge in [0.1, 0.15) is 13.2 Å². The Bertz CT molecular complexity index is 1750. The van der Waals surface area contributed by atoms with E-state index in [4.69, 9.17) is 18.9 Å². The van der Waals surface area contributed by atoms with E-state index >= 15 is 0 Å². The van der Waals surface area contributed by atoms with E-state index in [0.29, 0.717) is 17.4 Å². The van der Waals surface area contributed by atoms with Crippen molar-refractivity contribution in [2.45, 2.75) is 456 Å². The minimum Gasteiger partial charge on any atom is -0.477 e. The van der Waals surface area contributed by atoms with E-state index in [1.807, 2.05) is 21.1 Å². The van der Waals surface area contributed by atoms with Gasteiger partial charge in [-0.3, -0.25) is 9.59 Å². The Balaban J connectivity index is 3.90. The number of esters is 2. The van der Waals surface area contributed by atoms with Gasteiger partial charge in [0, 0.05) is 12.8 Å². The summed E-state index contributed by atoms with van der Waals surface area (Å²) in [4.78, 5) is 37.8. The minimum atomic E-state index is -1.51. The molecule has 576 valence electrons. The first-order valence-electron chi connectivity index (χ1n) is 43.3. The first-order chi connectivity index (χ1) is 48.1. The highest BCUT2D eigenvalue weighted by Gasteiger charge is 2.25. The van der Waals surface area contributed by atoms with Crippen LogP contribution in [0.15, 0.2) is 48.6 Å². The van der Waals surface area contributed by atoms with Crippen LogP contribution in [-0.2, 0) is 33.3 Å². The number of carbonyl (C=O) groups is 3. The molecule has 0 spiro atoms. The molecule has 1 N–H and O–H groups in total. The van der Waals surface area contributed by atoms with Gasteiger partial charge in [0.25, 0.3) is 6.29 Å². The van der Waals surface area contributed by atoms with Crippen molar-refractivity contribution in [2.75, 3.05) is 47.5 Å². The molecule has 9 heteroatoms. The number of allylic oxidation sites excluding steroid dienone is 8. The number of aliphatic carboxylic acids is 1. The summed E-state index contributed by atoms with van der Waals surface area (Å²) in [7, 11) is 6.00. The SMILES string of the molecule is CC/C=C\C/C=C\C/C=C\C/C=C\CCCCCCCCCCCCCCCCCCCCCCCCCCCCCCC(=O)OC(COC(=O)CCCCCCCCCCCCCCCCCCCCCCCCCCCCCCCCCC)COC(OCC[N+](C)(C)C)C(=O)O. The van der Waals surface area contributed by atoms with Gasteiger partial charge in [-0.2, -0.15) is 0 Å². The molecule has 0 aromatic rings. The Labute approximate surface area is 610 Å². The standard InChI is InChI=1S/C89H167NO8/c1-6-8-10-12-14-16-18-20-22-24-26-28-30-32-34-36-38-40-41-42-43-44-45-46-47-48-50-52-54-56-58-60-62-64-66-68-70-72-74-76-78-80-87(92)98-85(84-97-89(88(93)94)95-82-81-90(3,4)5)83-96-86(91)79-77-75-73-71-69-67-65-63-61-59-57-55-53-51-49-39-37-35-33-31-29-27-25-23-21-19-17-15-13-11-9-7-2/h8,10,14,16,20,22,26,28,85,89H,6-7,9,11-13,15,17-19,21,23-25,27,29-84H2,1-5H3/p+1/b10-8-,16-14-,22-20-,28-26-. The highest BCUT2D eigenvalue weighted by molar-refractivity contribution is 5.71. The molecule has 9 nitrogen and oxygen atoms in total. The number of ether oxygens (including phenoxy) is 4. The predicted molar refractivity (Wildman–Crippen MR) is 424 cm³/mol. The van der Waals surface area contributed by atoms with Crippen molar-refractivity contribution in [3.8, 4) is 0 Å². The molecule has 0 saturated heterocycles. The van der Waals surface area contributed by atoms with E-state index in [0.717, 1.165) is 64.2 Å². The summed E-state index contributed by atoms with van der Waals surface area (Å²) >= 11 is 0. The molecule has 2 atom stereocenters. The van der Waals surface area contributed by atoms with Crippen LogP contribution in [0.2, 0.25) is 0 Å². The normalized spacial score (nSPS) is 12.8. The summed E-state index contributed by atoms with van der Waals surface area (Å²) in [5, 5.41) is 9.79. The van der Waals surface area contributed by atoms with Crippen molar-refractivity contribution in [3.63, 3.8) is 0 Å². The number of hydrogen-bond donors (Lipinski definition) is 1. The number of carbonyl (C=O) groups excluding carboxylic acids is 2. The fourth-order valence-corrected chi connectivity index (χ4v) is 13.3. The van der Waals surface area contributed by atoms with Crippen LogP contribution in [0.4, 0.5) is 0 Å². The summed E-state index contributed by atoms with van der Waals surface area (Å²) < 4.78 is 23.1. The molecule has 0 aliphatic rings. The van der Waals surface area contributed by atoms with Crippen molar-refractivity contribution in [1.82, 2.24) is 0 Å². The summed E-state index contributed by atoms with van der Waals surface area (Å²) in [6, 6.07) is 0. The Kier molecular flexibility index (Phi) is 77.7. The van der Waals surface area contributed by atoms with Crippen LogP contribution in [0.25, 0.3) is 0 Å². The lowest BCUT2D eigenvalue weighted by atomic mass is 10.0. The van der Waals surface area contributed by atoms with Crippen molar-refractivity contribution >= 4 is 17.9 Å². The number of carboxylic acid groups (broad SMARTS) is 1. The smallest absolute Gasteiger partial charge is 0.361 e. The molecule has 0 bridgehead atoms. The number of carboxylic acids is 1. The maximum absolute atomic E-state index is 13.0. The molecule has 0 aromatic heterocycles. The number of unbranched alkanes of at least 4 members (excludes halogenated alkanes) is 59. The van der Waals surface area contributed by atoms with E-state index in [1.54, 1.807) is 0 Å². The van der Waals surface area contributed by atoms with Crippen LogP contribution in [0.1, 0.15) is 444 Å². The lowest BCUT2D eigenvalue weighted by Crippen LogP contribution is -2.40. The van der Waals surface area contributed by atoms with Crippen molar-refractivity contribution < 1.29 is 42.9 Å². The van der Waals surface area contributed by atoms with E-state index in [1.165, 1.54) is 353 Å². The van der Waals surface area contributed by atoms with Gasteiger partial charge in [-0.25, -0.2) is 4.79 Å². The predicted octanol–water partition coefficient (Wildman–Crippen LogP) is 28.0. The van der Waals surface area contributed by atoms with Gasteiger partial charge >= 0.3 is 17.9 Å². The third kappa shape index (κ3) is 80.6. The van der Waals surface area contributed by atoms with E-state index in [-0.39, 0.29) is 38.2 Å². The third-order valence-electron chi connectivity index (χ3n) is 19.8. The van der Waals surface area contributed by atoms with Gasteiger partial charge in [0.05, 0.1) is 34.4 Å². The van der Waals surface area contributed by atoms with Gasteiger partial charge in [0.15, 0.2) is 6.10 Å². The molecule has 0 heterocycles. The van der Waals surface area contributed by atoms with Crippen molar-refractivity contribution in [3.05, 3.63) is 48.6 Å². The Morgan fingerprint density at radius 3 is 0.867 bits per heavy atom. The highest BCUT2D eigenvalue weighted by atomic mass is 16.7. The molecule has 0 rings (SSSR count). The zero-order valence-electron chi connectivity index (χ0n) is 66.2. The Morgan fingerprint density at radius 2 is 0.582 bits per heavy atom.